The van der Waals surface area contributed by atoms with E-state index < -0.39 is 21.5 Å². The second-order valence-electron chi connectivity index (χ2n) is 6.89. The molecule has 0 aliphatic heterocycles. The smallest absolute Gasteiger partial charge is 0.244 e. The molecule has 0 aliphatic carbocycles. The number of likely N-dealkylation sites (N-methyl/N-ethyl adjacent to an activating group) is 1. The number of rotatable bonds is 9. The topological polar surface area (TPSA) is 70.6 Å². The molecule has 1 aromatic heterocycles. The molecular weight excluding hydrogens is 513 g/mol. The van der Waals surface area contributed by atoms with Gasteiger partial charge in [0.25, 0.3) is 0 Å². The first-order chi connectivity index (χ1) is 14.7. The summed E-state index contributed by atoms with van der Waals surface area (Å²) >= 11 is 13.3. The fourth-order valence-electron chi connectivity index (χ4n) is 3.08. The van der Waals surface area contributed by atoms with E-state index in [0.717, 1.165) is 17.8 Å². The normalized spacial score (nSPS) is 11.5. The second kappa shape index (κ2) is 11.6. The standard InChI is InChI=1S/C21H23Cl2N3O3S2.ClH/c1-3-25(4-2)11-12-26(21-24-18-10-7-16(23)13-19(18)30-21)20(27)14-31(28,29)17-8-5-15(22)6-9-17;/h5-10,13H,3-4,11-12,14H2,1-2H3;1H. The summed E-state index contributed by atoms with van der Waals surface area (Å²) in [6.07, 6.45) is 0. The maximum atomic E-state index is 13.2. The number of fused-ring (bicyclic) bond motifs is 1. The van der Waals surface area contributed by atoms with Crippen LogP contribution < -0.4 is 4.90 Å². The first-order valence-electron chi connectivity index (χ1n) is 9.80. The van der Waals surface area contributed by atoms with Crippen molar-refractivity contribution in [3.8, 4) is 0 Å². The lowest BCUT2D eigenvalue weighted by molar-refractivity contribution is -0.116. The van der Waals surface area contributed by atoms with Crippen molar-refractivity contribution in [3.05, 3.63) is 52.5 Å². The molecule has 0 spiro atoms. The highest BCUT2D eigenvalue weighted by molar-refractivity contribution is 7.92. The Hall–Kier alpha value is -1.42. The van der Waals surface area contributed by atoms with E-state index in [1.54, 1.807) is 18.2 Å². The Morgan fingerprint density at radius 2 is 1.62 bits per heavy atom. The molecule has 174 valence electrons. The third-order valence-corrected chi connectivity index (χ3v) is 8.04. The number of sulfone groups is 1. The van der Waals surface area contributed by atoms with Crippen molar-refractivity contribution >= 4 is 78.0 Å². The number of carbonyl (C=O) groups is 1. The van der Waals surface area contributed by atoms with Gasteiger partial charge in [0.15, 0.2) is 15.0 Å². The number of benzene rings is 2. The summed E-state index contributed by atoms with van der Waals surface area (Å²) in [7, 11) is -3.82. The van der Waals surface area contributed by atoms with Crippen LogP contribution in [0.3, 0.4) is 0 Å². The lowest BCUT2D eigenvalue weighted by Gasteiger charge is -2.24. The first kappa shape index (κ1) is 26.8. The zero-order valence-electron chi connectivity index (χ0n) is 17.6. The van der Waals surface area contributed by atoms with Gasteiger partial charge in [-0.15, -0.1) is 12.4 Å². The van der Waals surface area contributed by atoms with Crippen LogP contribution in [0, 0.1) is 0 Å². The van der Waals surface area contributed by atoms with Gasteiger partial charge in [-0.1, -0.05) is 48.4 Å². The maximum absolute atomic E-state index is 13.2. The summed E-state index contributed by atoms with van der Waals surface area (Å²) in [5.41, 5.74) is 0.714. The minimum absolute atomic E-state index is 0. The van der Waals surface area contributed by atoms with Crippen LogP contribution in [0.4, 0.5) is 5.13 Å². The molecule has 0 saturated carbocycles. The van der Waals surface area contributed by atoms with Crippen LogP contribution in [-0.4, -0.2) is 56.1 Å². The van der Waals surface area contributed by atoms with Crippen LogP contribution in [-0.2, 0) is 14.6 Å². The molecule has 6 nitrogen and oxygen atoms in total. The van der Waals surface area contributed by atoms with E-state index in [1.807, 2.05) is 13.8 Å². The maximum Gasteiger partial charge on any atom is 0.244 e. The zero-order valence-corrected chi connectivity index (χ0v) is 21.6. The molecule has 11 heteroatoms. The SMILES string of the molecule is CCN(CC)CCN(C(=O)CS(=O)(=O)c1ccc(Cl)cc1)c1nc2ccc(Cl)cc2s1.Cl. The van der Waals surface area contributed by atoms with E-state index in [0.29, 0.717) is 33.8 Å². The van der Waals surface area contributed by atoms with Crippen molar-refractivity contribution in [3.63, 3.8) is 0 Å². The lowest BCUT2D eigenvalue weighted by Crippen LogP contribution is -2.41. The van der Waals surface area contributed by atoms with Crippen LogP contribution in [0.15, 0.2) is 47.4 Å². The average Bonchev–Trinajstić information content (AvgIpc) is 3.13. The van der Waals surface area contributed by atoms with E-state index >= 15 is 0 Å². The number of carbonyl (C=O) groups excluding carboxylic acids is 1. The molecule has 0 N–H and O–H groups in total. The number of aromatic nitrogens is 1. The number of anilines is 1. The number of hydrogen-bond donors (Lipinski definition) is 0. The van der Waals surface area contributed by atoms with Crippen molar-refractivity contribution in [2.24, 2.45) is 0 Å². The molecule has 0 saturated heterocycles. The molecule has 0 atom stereocenters. The highest BCUT2D eigenvalue weighted by Gasteiger charge is 2.27. The summed E-state index contributed by atoms with van der Waals surface area (Å²) in [6.45, 7) is 6.69. The average molecular weight is 537 g/mol. The van der Waals surface area contributed by atoms with Crippen molar-refractivity contribution in [2.75, 3.05) is 36.8 Å². The summed E-state index contributed by atoms with van der Waals surface area (Å²) in [5.74, 6) is -1.17. The molecule has 0 bridgehead atoms. The number of halogens is 3. The van der Waals surface area contributed by atoms with Gasteiger partial charge in [0.05, 0.1) is 15.1 Å². The van der Waals surface area contributed by atoms with Gasteiger partial charge in [0.1, 0.15) is 5.75 Å². The first-order valence-corrected chi connectivity index (χ1v) is 13.0. The molecular formula is C21H24Cl3N3O3S2. The van der Waals surface area contributed by atoms with E-state index in [-0.39, 0.29) is 17.3 Å². The van der Waals surface area contributed by atoms with Crippen molar-refractivity contribution in [1.82, 2.24) is 9.88 Å². The van der Waals surface area contributed by atoms with Crippen LogP contribution in [0.25, 0.3) is 10.2 Å². The Balaban J connectivity index is 0.00000363. The van der Waals surface area contributed by atoms with E-state index in [2.05, 4.69) is 9.88 Å². The van der Waals surface area contributed by atoms with Gasteiger partial charge >= 0.3 is 0 Å². The highest BCUT2D eigenvalue weighted by Crippen LogP contribution is 2.31. The number of hydrogen-bond acceptors (Lipinski definition) is 6. The summed E-state index contributed by atoms with van der Waals surface area (Å²) in [5, 5.41) is 1.47. The van der Waals surface area contributed by atoms with Crippen molar-refractivity contribution in [2.45, 2.75) is 18.7 Å². The van der Waals surface area contributed by atoms with Gasteiger partial charge in [-0.05, 0) is 55.6 Å². The van der Waals surface area contributed by atoms with Gasteiger partial charge in [-0.2, -0.15) is 0 Å². The van der Waals surface area contributed by atoms with Crippen molar-refractivity contribution in [1.29, 1.82) is 0 Å². The molecule has 2 aromatic carbocycles. The van der Waals surface area contributed by atoms with Crippen molar-refractivity contribution < 1.29 is 13.2 Å². The molecule has 0 aliphatic rings. The Labute approximate surface area is 208 Å². The molecule has 3 rings (SSSR count). The predicted molar refractivity (Wildman–Crippen MR) is 136 cm³/mol. The minimum Gasteiger partial charge on any atom is -0.302 e. The fourth-order valence-corrected chi connectivity index (χ4v) is 5.69. The lowest BCUT2D eigenvalue weighted by atomic mass is 10.3. The molecule has 0 fully saturated rings. The minimum atomic E-state index is -3.82. The van der Waals surface area contributed by atoms with E-state index in [1.165, 1.54) is 40.5 Å². The Bertz CT molecular complexity index is 1160. The second-order valence-corrected chi connectivity index (χ2v) is 10.8. The van der Waals surface area contributed by atoms with Crippen LogP contribution in [0.1, 0.15) is 13.8 Å². The summed E-state index contributed by atoms with van der Waals surface area (Å²) in [4.78, 5) is 21.4. The Morgan fingerprint density at radius 3 is 2.25 bits per heavy atom. The molecule has 0 radical (unpaired) electrons. The van der Waals surface area contributed by atoms with Crippen LogP contribution >= 0.6 is 46.9 Å². The van der Waals surface area contributed by atoms with Gasteiger partial charge in [0, 0.05) is 23.1 Å². The Morgan fingerprint density at radius 1 is 1.00 bits per heavy atom. The quantitative estimate of drug-likeness (QED) is 0.377. The number of thiazole rings is 1. The summed E-state index contributed by atoms with van der Waals surface area (Å²) < 4.78 is 26.5. The highest BCUT2D eigenvalue weighted by atomic mass is 35.5. The predicted octanol–water partition coefficient (Wildman–Crippen LogP) is 5.17. The van der Waals surface area contributed by atoms with Gasteiger partial charge in [-0.25, -0.2) is 13.4 Å². The van der Waals surface area contributed by atoms with Crippen LogP contribution in [0.5, 0.6) is 0 Å². The van der Waals surface area contributed by atoms with Gasteiger partial charge in [-0.3, -0.25) is 9.69 Å². The van der Waals surface area contributed by atoms with Gasteiger partial charge < -0.3 is 4.90 Å². The third kappa shape index (κ3) is 6.56. The molecule has 1 amide bonds. The Kier molecular flexibility index (Phi) is 9.75. The van der Waals surface area contributed by atoms with E-state index in [9.17, 15) is 13.2 Å². The molecule has 3 aromatic rings. The van der Waals surface area contributed by atoms with E-state index in [4.69, 9.17) is 23.2 Å². The molecule has 0 unspecified atom stereocenters. The third-order valence-electron chi connectivity index (χ3n) is 4.89. The van der Waals surface area contributed by atoms with Gasteiger partial charge in [0.2, 0.25) is 5.91 Å². The monoisotopic (exact) mass is 535 g/mol. The zero-order chi connectivity index (χ0) is 22.6. The number of nitrogens with zero attached hydrogens (tertiary/aromatic N) is 3. The fraction of sp³-hybridized carbons (Fsp3) is 0.333. The summed E-state index contributed by atoms with van der Waals surface area (Å²) in [6, 6.07) is 11.1. The van der Waals surface area contributed by atoms with Crippen LogP contribution in [0.2, 0.25) is 10.0 Å². The largest absolute Gasteiger partial charge is 0.302 e. The molecule has 1 heterocycles. The molecule has 32 heavy (non-hydrogen) atoms. The number of amides is 1.